The summed E-state index contributed by atoms with van der Waals surface area (Å²) in [4.78, 5) is 6.52. The molecule has 2 aromatic carbocycles. The van der Waals surface area contributed by atoms with Gasteiger partial charge in [-0.25, -0.2) is 21.8 Å². The number of rotatable bonds is 3. The molecular formula is C19H22N4O4S2. The molecule has 0 fully saturated rings. The number of nitrogens with one attached hydrogen (secondary N) is 1. The van der Waals surface area contributed by atoms with E-state index in [0.717, 1.165) is 18.2 Å². The van der Waals surface area contributed by atoms with Crippen LogP contribution in [0.5, 0.6) is 0 Å². The fraction of sp³-hybridized carbons (Fsp3) is 0.316. The second kappa shape index (κ2) is 6.04. The second-order valence-corrected chi connectivity index (χ2v) is 11.1. The van der Waals surface area contributed by atoms with E-state index in [4.69, 9.17) is 4.99 Å². The predicted octanol–water partition coefficient (Wildman–Crippen LogP) is 1.28. The van der Waals surface area contributed by atoms with Gasteiger partial charge in [0.15, 0.2) is 17.2 Å². The summed E-state index contributed by atoms with van der Waals surface area (Å²) in [7, 11) is -5.82. The highest BCUT2D eigenvalue weighted by Gasteiger charge is 2.67. The van der Waals surface area contributed by atoms with E-state index in [9.17, 15) is 16.8 Å². The van der Waals surface area contributed by atoms with Gasteiger partial charge < -0.3 is 4.90 Å². The zero-order valence-electron chi connectivity index (χ0n) is 16.5. The molecule has 0 aromatic heterocycles. The van der Waals surface area contributed by atoms with Crippen molar-refractivity contribution in [2.24, 2.45) is 4.99 Å². The first-order valence-electron chi connectivity index (χ1n) is 8.90. The fourth-order valence-electron chi connectivity index (χ4n) is 4.35. The van der Waals surface area contributed by atoms with Crippen molar-refractivity contribution in [1.82, 2.24) is 9.03 Å². The molecule has 4 rings (SSSR count). The number of nitrogens with zero attached hydrogens (tertiary/aromatic N) is 3. The van der Waals surface area contributed by atoms with E-state index in [2.05, 4.69) is 4.72 Å². The van der Waals surface area contributed by atoms with Crippen LogP contribution in [0.25, 0.3) is 0 Å². The Balaban J connectivity index is 2.18. The minimum Gasteiger partial charge on any atom is -0.349 e. The van der Waals surface area contributed by atoms with Gasteiger partial charge in [0, 0.05) is 23.9 Å². The Morgan fingerprint density at radius 1 is 0.931 bits per heavy atom. The molecule has 0 saturated carbocycles. The van der Waals surface area contributed by atoms with Crippen molar-refractivity contribution in [2.75, 3.05) is 24.5 Å². The number of hydrogen-bond acceptors (Lipinski definition) is 6. The molecule has 2 aromatic rings. The van der Waals surface area contributed by atoms with Crippen LogP contribution >= 0.6 is 0 Å². The molecule has 10 heteroatoms. The van der Waals surface area contributed by atoms with E-state index in [1.165, 1.54) is 4.31 Å². The molecule has 0 radical (unpaired) electrons. The number of benzene rings is 2. The van der Waals surface area contributed by atoms with Crippen molar-refractivity contribution in [3.63, 3.8) is 0 Å². The minimum absolute atomic E-state index is 0.0491. The van der Waals surface area contributed by atoms with Crippen molar-refractivity contribution < 1.29 is 16.8 Å². The molecule has 8 nitrogen and oxygen atoms in total. The Morgan fingerprint density at radius 3 is 2.10 bits per heavy atom. The van der Waals surface area contributed by atoms with Gasteiger partial charge in [0.2, 0.25) is 20.0 Å². The lowest BCUT2D eigenvalue weighted by atomic mass is 9.87. The van der Waals surface area contributed by atoms with Crippen LogP contribution in [0.3, 0.4) is 0 Å². The third kappa shape index (κ3) is 2.70. The average molecular weight is 435 g/mol. The highest BCUT2D eigenvalue weighted by atomic mass is 32.2. The number of hydrogen-bond donors (Lipinski definition) is 1. The van der Waals surface area contributed by atoms with Crippen molar-refractivity contribution in [1.29, 1.82) is 0 Å². The normalized spacial score (nSPS) is 26.8. The van der Waals surface area contributed by atoms with Crippen LogP contribution in [0.15, 0.2) is 59.6 Å². The van der Waals surface area contributed by atoms with Crippen LogP contribution in [0, 0.1) is 0 Å². The van der Waals surface area contributed by atoms with E-state index >= 15 is 0 Å². The standard InChI is InChI=1S/C19H22N4O4S2/c1-18-17(21-28(3,24)25)20-19(23(18)29(4,26)27,14-10-6-5-7-11-14)15-12-8-9-13-16(15)22(18)2/h5-13H,1-4H3,(H,20,21)/t18-,19?/m1/s1. The monoisotopic (exact) mass is 434 g/mol. The van der Waals surface area contributed by atoms with E-state index < -0.39 is 31.4 Å². The second-order valence-electron chi connectivity index (χ2n) is 7.50. The predicted molar refractivity (Wildman–Crippen MR) is 113 cm³/mol. The number of para-hydroxylation sites is 1. The third-order valence-corrected chi connectivity index (χ3v) is 7.34. The average Bonchev–Trinajstić information content (AvgIpc) is 2.87. The first kappa shape index (κ1) is 19.9. The van der Waals surface area contributed by atoms with Gasteiger partial charge in [-0.1, -0.05) is 48.5 Å². The molecule has 2 aliphatic rings. The van der Waals surface area contributed by atoms with Crippen molar-refractivity contribution >= 4 is 31.6 Å². The molecule has 2 aliphatic heterocycles. The van der Waals surface area contributed by atoms with Crippen LogP contribution in [-0.2, 0) is 25.7 Å². The first-order valence-corrected chi connectivity index (χ1v) is 12.6. The van der Waals surface area contributed by atoms with Crippen LogP contribution < -0.4 is 9.62 Å². The lowest BCUT2D eigenvalue weighted by Crippen LogP contribution is -2.69. The Kier molecular flexibility index (Phi) is 4.14. The van der Waals surface area contributed by atoms with Crippen LogP contribution in [0.2, 0.25) is 0 Å². The van der Waals surface area contributed by atoms with Crippen LogP contribution in [0.4, 0.5) is 5.69 Å². The van der Waals surface area contributed by atoms with Gasteiger partial charge >= 0.3 is 0 Å². The summed E-state index contributed by atoms with van der Waals surface area (Å²) < 4.78 is 54.3. The summed E-state index contributed by atoms with van der Waals surface area (Å²) in [5.74, 6) is 0.0491. The molecule has 0 spiro atoms. The molecule has 1 unspecified atom stereocenters. The van der Waals surface area contributed by atoms with Crippen LogP contribution in [-0.4, -0.2) is 52.2 Å². The van der Waals surface area contributed by atoms with Gasteiger partial charge in [-0.2, -0.15) is 0 Å². The molecule has 2 heterocycles. The highest BCUT2D eigenvalue weighted by molar-refractivity contribution is 7.89. The maximum Gasteiger partial charge on any atom is 0.230 e. The van der Waals surface area contributed by atoms with Crippen LogP contribution in [0.1, 0.15) is 18.1 Å². The summed E-state index contributed by atoms with van der Waals surface area (Å²) >= 11 is 0. The van der Waals surface area contributed by atoms with Crippen molar-refractivity contribution in [3.8, 4) is 0 Å². The van der Waals surface area contributed by atoms with Gasteiger partial charge in [0.05, 0.1) is 12.5 Å². The van der Waals surface area contributed by atoms with Crippen molar-refractivity contribution in [3.05, 3.63) is 65.7 Å². The van der Waals surface area contributed by atoms with E-state index in [1.807, 2.05) is 30.3 Å². The number of amidine groups is 1. The maximum atomic E-state index is 13.1. The molecular weight excluding hydrogens is 412 g/mol. The molecule has 154 valence electrons. The Morgan fingerprint density at radius 2 is 1.52 bits per heavy atom. The molecule has 0 saturated heterocycles. The zero-order chi connectivity index (χ0) is 21.2. The largest absolute Gasteiger partial charge is 0.349 e. The zero-order valence-corrected chi connectivity index (χ0v) is 18.1. The quantitative estimate of drug-likeness (QED) is 0.785. The molecule has 29 heavy (non-hydrogen) atoms. The Bertz CT molecular complexity index is 1230. The van der Waals surface area contributed by atoms with Gasteiger partial charge in [-0.3, -0.25) is 4.72 Å². The minimum atomic E-state index is -3.85. The highest BCUT2D eigenvalue weighted by Crippen LogP contribution is 2.56. The summed E-state index contributed by atoms with van der Waals surface area (Å²) in [5, 5.41) is 0. The summed E-state index contributed by atoms with van der Waals surface area (Å²) in [6.45, 7) is 1.66. The topological polar surface area (TPSA) is 99.2 Å². The molecule has 1 N–H and O–H groups in total. The number of sulfonamides is 2. The number of aliphatic imine (C=N–C) groups is 1. The number of fused-ring (bicyclic) bond motifs is 4. The smallest absolute Gasteiger partial charge is 0.230 e. The number of anilines is 1. The fourth-order valence-corrected chi connectivity index (χ4v) is 6.52. The maximum absolute atomic E-state index is 13.1. The molecule has 0 aliphatic carbocycles. The summed E-state index contributed by atoms with van der Waals surface area (Å²) in [5.41, 5.74) is -0.752. The Labute approximate surface area is 171 Å². The molecule has 0 amide bonds. The van der Waals surface area contributed by atoms with E-state index in [1.54, 1.807) is 43.1 Å². The third-order valence-electron chi connectivity index (χ3n) is 5.50. The van der Waals surface area contributed by atoms with Crippen molar-refractivity contribution in [2.45, 2.75) is 18.2 Å². The number of likely N-dealkylation sites (N-methyl/N-ethyl adjacent to an activating group) is 1. The van der Waals surface area contributed by atoms with Gasteiger partial charge in [0.25, 0.3) is 0 Å². The van der Waals surface area contributed by atoms with E-state index in [0.29, 0.717) is 11.1 Å². The summed E-state index contributed by atoms with van der Waals surface area (Å²) in [6.07, 6.45) is 2.14. The van der Waals surface area contributed by atoms with E-state index in [-0.39, 0.29) is 5.84 Å². The SMILES string of the molecule is CN1c2ccccc2C2(c3ccccc3)N=C(NS(C)(=O)=O)[C@@]1(C)N2S(C)(=O)=O. The lowest BCUT2D eigenvalue weighted by molar-refractivity contribution is 0.169. The van der Waals surface area contributed by atoms with Gasteiger partial charge in [-0.05, 0) is 13.0 Å². The molecule has 2 atom stereocenters. The van der Waals surface area contributed by atoms with Gasteiger partial charge in [0.1, 0.15) is 0 Å². The lowest BCUT2D eigenvalue weighted by Gasteiger charge is -2.52. The van der Waals surface area contributed by atoms with Gasteiger partial charge in [-0.15, -0.1) is 4.31 Å². The first-order chi connectivity index (χ1) is 13.4. The molecule has 2 bridgehead atoms. The Hall–Kier alpha value is -2.43. The summed E-state index contributed by atoms with van der Waals surface area (Å²) in [6, 6.07) is 16.4.